The highest BCUT2D eigenvalue weighted by Gasteiger charge is 2.40. The molecule has 1 atom stereocenters. The van der Waals surface area contributed by atoms with Crippen LogP contribution in [-0.4, -0.2) is 18.5 Å². The Morgan fingerprint density at radius 3 is 2.50 bits per heavy atom. The molecule has 0 aromatic heterocycles. The number of nitrogens with zero attached hydrogens (tertiary/aromatic N) is 1. The van der Waals surface area contributed by atoms with Crippen LogP contribution in [0.4, 0.5) is 38.1 Å². The van der Waals surface area contributed by atoms with Gasteiger partial charge >= 0.3 is 12.2 Å². The molecule has 5 rings (SSSR count). The zero-order valence-corrected chi connectivity index (χ0v) is 21.1. The molecule has 1 unspecified atom stereocenters. The average molecular weight is 631 g/mol. The molecule has 2 aliphatic rings. The van der Waals surface area contributed by atoms with E-state index in [1.807, 2.05) is 0 Å². The maximum Gasteiger partial charge on any atom is 0.416 e. The number of nitrogens with one attached hydrogen (secondary N) is 2. The predicted molar refractivity (Wildman–Crippen MR) is 129 cm³/mol. The quantitative estimate of drug-likeness (QED) is 0.308. The fourth-order valence-corrected chi connectivity index (χ4v) is 5.59. The van der Waals surface area contributed by atoms with Crippen molar-refractivity contribution >= 4 is 55.2 Å². The highest BCUT2D eigenvalue weighted by atomic mass is 79.9. The Bertz CT molecular complexity index is 1440. The molecule has 3 amide bonds. The number of carbonyl (C=O) groups excluding carboxylic acids is 2. The van der Waals surface area contributed by atoms with Crippen molar-refractivity contribution in [3.05, 3.63) is 90.9 Å². The van der Waals surface area contributed by atoms with Crippen molar-refractivity contribution < 1.29 is 31.5 Å². The molecule has 0 saturated heterocycles. The second-order valence-electron chi connectivity index (χ2n) is 8.28. The first kappa shape index (κ1) is 24.7. The molecule has 3 aromatic carbocycles. The van der Waals surface area contributed by atoms with Crippen molar-refractivity contribution in [3.63, 3.8) is 0 Å². The molecular formula is C24H14Br2F5N3O2. The normalized spacial score (nSPS) is 16.6. The number of halogens is 7. The average Bonchev–Trinajstić information content (AvgIpc) is 3.25. The van der Waals surface area contributed by atoms with Crippen LogP contribution in [0.15, 0.2) is 51.4 Å². The van der Waals surface area contributed by atoms with E-state index in [-0.39, 0.29) is 5.69 Å². The molecule has 12 heteroatoms. The fraction of sp³-hybridized carbons (Fsp3) is 0.167. The van der Waals surface area contributed by atoms with Crippen molar-refractivity contribution in [1.82, 2.24) is 5.32 Å². The van der Waals surface area contributed by atoms with Gasteiger partial charge in [-0.25, -0.2) is 13.6 Å². The lowest BCUT2D eigenvalue weighted by Gasteiger charge is -2.35. The predicted octanol–water partition coefficient (Wildman–Crippen LogP) is 6.94. The van der Waals surface area contributed by atoms with E-state index in [9.17, 15) is 31.5 Å². The topological polar surface area (TPSA) is 61.4 Å². The van der Waals surface area contributed by atoms with Gasteiger partial charge in [-0.1, -0.05) is 31.9 Å². The second-order valence-corrected chi connectivity index (χ2v) is 9.99. The zero-order valence-electron chi connectivity index (χ0n) is 17.9. The van der Waals surface area contributed by atoms with Crippen molar-refractivity contribution in [3.8, 4) is 0 Å². The van der Waals surface area contributed by atoms with Crippen LogP contribution in [0.3, 0.4) is 0 Å². The van der Waals surface area contributed by atoms with Gasteiger partial charge in [0.25, 0.3) is 5.91 Å². The van der Waals surface area contributed by atoms with Gasteiger partial charge in [0.05, 0.1) is 17.3 Å². The largest absolute Gasteiger partial charge is 0.416 e. The SMILES string of the molecule is O=C(Nc1cc(Br)c2c3c1C(c1cc(F)ccc1Br)NC(=O)N3CC2)c1cc(F)cc(C(F)(F)F)c1. The molecule has 186 valence electrons. The third kappa shape index (κ3) is 4.26. The summed E-state index contributed by atoms with van der Waals surface area (Å²) in [5.74, 6) is -2.75. The van der Waals surface area contributed by atoms with Crippen LogP contribution in [0.25, 0.3) is 0 Å². The minimum atomic E-state index is -4.85. The molecular weight excluding hydrogens is 617 g/mol. The number of alkyl halides is 3. The van der Waals surface area contributed by atoms with Gasteiger partial charge < -0.3 is 10.6 Å². The molecule has 0 bridgehead atoms. The van der Waals surface area contributed by atoms with Gasteiger partial charge in [0, 0.05) is 32.3 Å². The monoisotopic (exact) mass is 629 g/mol. The maximum absolute atomic E-state index is 14.2. The van der Waals surface area contributed by atoms with Crippen molar-refractivity contribution in [1.29, 1.82) is 0 Å². The molecule has 2 aliphatic heterocycles. The van der Waals surface area contributed by atoms with E-state index in [0.29, 0.717) is 56.9 Å². The minimum absolute atomic E-state index is 0.163. The van der Waals surface area contributed by atoms with Crippen LogP contribution in [-0.2, 0) is 12.6 Å². The second kappa shape index (κ2) is 8.84. The lowest BCUT2D eigenvalue weighted by molar-refractivity contribution is -0.137. The number of anilines is 2. The Hall–Kier alpha value is -2.99. The molecule has 5 nitrogen and oxygen atoms in total. The summed E-state index contributed by atoms with van der Waals surface area (Å²) >= 11 is 6.81. The Balaban J connectivity index is 1.65. The smallest absolute Gasteiger partial charge is 0.327 e. The van der Waals surface area contributed by atoms with Gasteiger partial charge in [-0.2, -0.15) is 13.2 Å². The number of rotatable bonds is 3. The van der Waals surface area contributed by atoms with E-state index in [1.165, 1.54) is 23.1 Å². The van der Waals surface area contributed by atoms with Crippen molar-refractivity contribution in [2.24, 2.45) is 0 Å². The number of hydrogen-bond donors (Lipinski definition) is 2. The first-order valence-corrected chi connectivity index (χ1v) is 12.1. The van der Waals surface area contributed by atoms with E-state index in [2.05, 4.69) is 42.5 Å². The highest BCUT2D eigenvalue weighted by Crippen LogP contribution is 2.49. The van der Waals surface area contributed by atoms with Crippen LogP contribution < -0.4 is 15.5 Å². The summed E-state index contributed by atoms with van der Waals surface area (Å²) in [6, 6.07) is 5.77. The van der Waals surface area contributed by atoms with Gasteiger partial charge in [0.1, 0.15) is 11.6 Å². The number of hydrogen-bond acceptors (Lipinski definition) is 2. The van der Waals surface area contributed by atoms with E-state index in [0.717, 1.165) is 5.56 Å². The van der Waals surface area contributed by atoms with E-state index >= 15 is 0 Å². The number of carbonyl (C=O) groups is 2. The van der Waals surface area contributed by atoms with Crippen LogP contribution in [0.1, 0.15) is 38.7 Å². The molecule has 0 saturated carbocycles. The Morgan fingerprint density at radius 2 is 1.78 bits per heavy atom. The highest BCUT2D eigenvalue weighted by molar-refractivity contribution is 9.10. The van der Waals surface area contributed by atoms with Crippen LogP contribution in [0.5, 0.6) is 0 Å². The molecule has 0 fully saturated rings. The summed E-state index contributed by atoms with van der Waals surface area (Å²) in [7, 11) is 0. The minimum Gasteiger partial charge on any atom is -0.327 e. The summed E-state index contributed by atoms with van der Waals surface area (Å²) in [4.78, 5) is 27.4. The number of urea groups is 1. The van der Waals surface area contributed by atoms with E-state index in [1.54, 1.807) is 6.07 Å². The Kier molecular flexibility index (Phi) is 6.06. The number of amides is 3. The van der Waals surface area contributed by atoms with Crippen LogP contribution >= 0.6 is 31.9 Å². The van der Waals surface area contributed by atoms with Crippen LogP contribution in [0, 0.1) is 11.6 Å². The molecule has 0 aliphatic carbocycles. The van der Waals surface area contributed by atoms with Gasteiger partial charge in [0.2, 0.25) is 0 Å². The van der Waals surface area contributed by atoms with Crippen LogP contribution in [0.2, 0.25) is 0 Å². The fourth-order valence-electron chi connectivity index (χ4n) is 4.50. The lowest BCUT2D eigenvalue weighted by Crippen LogP contribution is -2.46. The summed E-state index contributed by atoms with van der Waals surface area (Å²) in [6.07, 6.45) is -4.33. The third-order valence-electron chi connectivity index (χ3n) is 6.05. The van der Waals surface area contributed by atoms with Gasteiger partial charge in [-0.05, 0) is 60.0 Å². The molecule has 0 radical (unpaired) electrons. The third-order valence-corrected chi connectivity index (χ3v) is 7.48. The summed E-state index contributed by atoms with van der Waals surface area (Å²) in [5, 5.41) is 5.38. The number of benzene rings is 3. The van der Waals surface area contributed by atoms with E-state index in [4.69, 9.17) is 0 Å². The van der Waals surface area contributed by atoms with Gasteiger partial charge in [0.15, 0.2) is 0 Å². The summed E-state index contributed by atoms with van der Waals surface area (Å²) < 4.78 is 68.7. The van der Waals surface area contributed by atoms with Crippen molar-refractivity contribution in [2.75, 3.05) is 16.8 Å². The molecule has 2 N–H and O–H groups in total. The first-order valence-electron chi connectivity index (χ1n) is 10.5. The van der Waals surface area contributed by atoms with E-state index < -0.39 is 46.9 Å². The summed E-state index contributed by atoms with van der Waals surface area (Å²) in [5.41, 5.74) is 0.435. The summed E-state index contributed by atoms with van der Waals surface area (Å²) in [6.45, 7) is 0.361. The standard InChI is InChI=1S/C24H14Br2F5N3O2/c25-16-2-1-12(27)8-15(16)20-19-18(9-17(26)14-3-4-34(21(14)19)23(36)33-20)32-22(35)10-5-11(24(29,30)31)7-13(28)6-10/h1-2,5-9,20H,3-4H2,(H,32,35)(H,33,36). The molecule has 3 aromatic rings. The first-order chi connectivity index (χ1) is 16.9. The van der Waals surface area contributed by atoms with Crippen molar-refractivity contribution in [2.45, 2.75) is 18.6 Å². The molecule has 0 spiro atoms. The van der Waals surface area contributed by atoms with Gasteiger partial charge in [-0.15, -0.1) is 0 Å². The lowest BCUT2D eigenvalue weighted by atomic mass is 9.91. The molecule has 2 heterocycles. The maximum atomic E-state index is 14.2. The van der Waals surface area contributed by atoms with Gasteiger partial charge in [-0.3, -0.25) is 9.69 Å². The zero-order chi connectivity index (χ0) is 25.9. The molecule has 36 heavy (non-hydrogen) atoms. The Labute approximate surface area is 217 Å². The Morgan fingerprint density at radius 1 is 1.03 bits per heavy atom.